The fraction of sp³-hybridized carbons (Fsp3) is 0.520. The van der Waals surface area contributed by atoms with Crippen LogP contribution in [0.3, 0.4) is 0 Å². The van der Waals surface area contributed by atoms with Gasteiger partial charge in [-0.25, -0.2) is 4.39 Å². The summed E-state index contributed by atoms with van der Waals surface area (Å²) in [5, 5.41) is 0. The van der Waals surface area contributed by atoms with Crippen LogP contribution in [-0.2, 0) is 16.8 Å². The minimum Gasteiger partial charge on any atom is -0.309 e. The van der Waals surface area contributed by atoms with Gasteiger partial charge in [0.1, 0.15) is 5.82 Å². The average molecular weight is 410 g/mol. The molecule has 5 heteroatoms. The summed E-state index contributed by atoms with van der Waals surface area (Å²) in [5.41, 5.74) is 3.63. The second kappa shape index (κ2) is 8.10. The van der Waals surface area contributed by atoms with Gasteiger partial charge in [-0.05, 0) is 57.9 Å². The molecule has 1 amide bonds. The first kappa shape index (κ1) is 21.0. The molecule has 1 saturated carbocycles. The first-order valence-electron chi connectivity index (χ1n) is 11.0. The van der Waals surface area contributed by atoms with E-state index in [1.54, 1.807) is 6.07 Å². The Morgan fingerprint density at radius 1 is 1.17 bits per heavy atom. The summed E-state index contributed by atoms with van der Waals surface area (Å²) in [7, 11) is 2.06. The first-order valence-corrected chi connectivity index (χ1v) is 11.0. The van der Waals surface area contributed by atoms with Crippen molar-refractivity contribution in [3.63, 3.8) is 0 Å². The molecule has 1 aromatic heterocycles. The molecule has 2 aliphatic rings. The highest BCUT2D eigenvalue weighted by Crippen LogP contribution is 2.41. The lowest BCUT2D eigenvalue weighted by atomic mass is 9.84. The highest BCUT2D eigenvalue weighted by molar-refractivity contribution is 5.97. The van der Waals surface area contributed by atoms with Gasteiger partial charge in [-0.1, -0.05) is 32.0 Å². The fourth-order valence-electron chi connectivity index (χ4n) is 5.03. The van der Waals surface area contributed by atoms with E-state index in [9.17, 15) is 9.18 Å². The van der Waals surface area contributed by atoms with Crippen molar-refractivity contribution >= 4 is 11.6 Å². The number of rotatable bonds is 4. The lowest BCUT2D eigenvalue weighted by molar-refractivity contribution is -0.123. The number of anilines is 1. The van der Waals surface area contributed by atoms with Gasteiger partial charge in [-0.2, -0.15) is 0 Å². The third-order valence-electron chi connectivity index (χ3n) is 6.81. The Morgan fingerprint density at radius 3 is 2.57 bits per heavy atom. The summed E-state index contributed by atoms with van der Waals surface area (Å²) in [6, 6.07) is 11.4. The highest BCUT2D eigenvalue weighted by Gasteiger charge is 2.42. The molecule has 0 N–H and O–H groups in total. The Labute approximate surface area is 179 Å². The van der Waals surface area contributed by atoms with Crippen molar-refractivity contribution in [1.82, 2.24) is 9.88 Å². The van der Waals surface area contributed by atoms with E-state index in [1.807, 2.05) is 30.0 Å². The number of amides is 1. The molecule has 0 radical (unpaired) electrons. The molecule has 0 unspecified atom stereocenters. The van der Waals surface area contributed by atoms with Crippen LogP contribution in [-0.4, -0.2) is 35.4 Å². The molecule has 1 aromatic carbocycles. The van der Waals surface area contributed by atoms with Crippen LogP contribution in [0.5, 0.6) is 0 Å². The molecule has 0 atom stereocenters. The first-order chi connectivity index (χ1) is 14.3. The van der Waals surface area contributed by atoms with E-state index in [0.29, 0.717) is 19.1 Å². The van der Waals surface area contributed by atoms with E-state index in [1.165, 1.54) is 6.07 Å². The molecule has 1 aliphatic carbocycles. The van der Waals surface area contributed by atoms with E-state index in [2.05, 4.69) is 31.9 Å². The van der Waals surface area contributed by atoms with Crippen LogP contribution in [0.1, 0.15) is 56.5 Å². The number of nitrogens with zero attached hydrogens (tertiary/aromatic N) is 3. The molecule has 0 bridgehead atoms. The van der Waals surface area contributed by atoms with Crippen molar-refractivity contribution in [1.29, 1.82) is 0 Å². The molecule has 1 aliphatic heterocycles. The number of aryl methyl sites for hydroxylation is 1. The molecule has 30 heavy (non-hydrogen) atoms. The maximum atomic E-state index is 14.0. The fourth-order valence-corrected chi connectivity index (χ4v) is 5.03. The minimum absolute atomic E-state index is 0.0613. The number of hydrogen-bond donors (Lipinski definition) is 0. The zero-order chi connectivity index (χ0) is 21.5. The van der Waals surface area contributed by atoms with Gasteiger partial charge < -0.3 is 4.90 Å². The molecule has 0 saturated heterocycles. The number of fused-ring (bicyclic) bond motifs is 1. The van der Waals surface area contributed by atoms with Gasteiger partial charge in [-0.3, -0.25) is 14.7 Å². The van der Waals surface area contributed by atoms with Gasteiger partial charge in [0, 0.05) is 41.7 Å². The predicted octanol–water partition coefficient (Wildman–Crippen LogP) is 4.84. The molecular weight excluding hydrogens is 377 g/mol. The lowest BCUT2D eigenvalue weighted by Crippen LogP contribution is -2.42. The number of hydrogen-bond acceptors (Lipinski definition) is 3. The smallest absolute Gasteiger partial charge is 0.230 e. The minimum atomic E-state index is -0.146. The van der Waals surface area contributed by atoms with Crippen molar-refractivity contribution in [2.75, 3.05) is 18.5 Å². The number of carbonyl (C=O) groups excluding carboxylic acids is 1. The Bertz CT molecular complexity index is 934. The Hall–Kier alpha value is -2.27. The largest absolute Gasteiger partial charge is 0.309 e. The molecule has 4 rings (SSSR count). The van der Waals surface area contributed by atoms with E-state index >= 15 is 0 Å². The van der Waals surface area contributed by atoms with Crippen LogP contribution in [0, 0.1) is 18.7 Å². The van der Waals surface area contributed by atoms with Crippen molar-refractivity contribution in [2.45, 2.75) is 64.5 Å². The summed E-state index contributed by atoms with van der Waals surface area (Å²) < 4.78 is 14.0. The normalized spacial score (nSPS) is 22.9. The van der Waals surface area contributed by atoms with Crippen LogP contribution >= 0.6 is 0 Å². The van der Waals surface area contributed by atoms with Crippen molar-refractivity contribution in [3.8, 4) is 0 Å². The second-order valence-corrected chi connectivity index (χ2v) is 9.64. The van der Waals surface area contributed by atoms with Gasteiger partial charge in [-0.15, -0.1) is 0 Å². The predicted molar refractivity (Wildman–Crippen MR) is 118 cm³/mol. The second-order valence-electron chi connectivity index (χ2n) is 9.64. The molecule has 2 heterocycles. The number of pyridine rings is 1. The summed E-state index contributed by atoms with van der Waals surface area (Å²) in [6.07, 6.45) is 3.71. The number of halogens is 1. The van der Waals surface area contributed by atoms with E-state index < -0.39 is 0 Å². The SMILES string of the molecule is Cc1ccc2c(n1)C(C)(C)CN2C(=O)[C@H]1CC[C@H](N(C)Cc2ccccc2F)CC1. The molecule has 160 valence electrons. The molecule has 4 nitrogen and oxygen atoms in total. The highest BCUT2D eigenvalue weighted by atomic mass is 19.1. The summed E-state index contributed by atoms with van der Waals surface area (Å²) in [5.74, 6) is 0.154. The Morgan fingerprint density at radius 2 is 1.87 bits per heavy atom. The van der Waals surface area contributed by atoms with Crippen LogP contribution in [0.4, 0.5) is 10.1 Å². The molecule has 0 spiro atoms. The van der Waals surface area contributed by atoms with Crippen LogP contribution in [0.25, 0.3) is 0 Å². The number of aromatic nitrogens is 1. The van der Waals surface area contributed by atoms with Crippen LogP contribution in [0.2, 0.25) is 0 Å². The number of benzene rings is 1. The van der Waals surface area contributed by atoms with Gasteiger partial charge in [0.25, 0.3) is 0 Å². The molecular formula is C25H32FN3O. The van der Waals surface area contributed by atoms with Gasteiger partial charge in [0.2, 0.25) is 5.91 Å². The van der Waals surface area contributed by atoms with Gasteiger partial charge in [0.15, 0.2) is 0 Å². The topological polar surface area (TPSA) is 36.4 Å². The van der Waals surface area contributed by atoms with Crippen molar-refractivity contribution < 1.29 is 9.18 Å². The Kier molecular flexibility index (Phi) is 5.67. The summed E-state index contributed by atoms with van der Waals surface area (Å²) in [4.78, 5) is 22.3. The van der Waals surface area contributed by atoms with Crippen molar-refractivity contribution in [3.05, 3.63) is 59.2 Å². The zero-order valence-corrected chi connectivity index (χ0v) is 18.5. The zero-order valence-electron chi connectivity index (χ0n) is 18.5. The third-order valence-corrected chi connectivity index (χ3v) is 6.81. The van der Waals surface area contributed by atoms with E-state index in [4.69, 9.17) is 4.98 Å². The lowest BCUT2D eigenvalue weighted by Gasteiger charge is -2.35. The van der Waals surface area contributed by atoms with E-state index in [0.717, 1.165) is 48.3 Å². The van der Waals surface area contributed by atoms with Gasteiger partial charge >= 0.3 is 0 Å². The summed E-state index contributed by atoms with van der Waals surface area (Å²) >= 11 is 0. The molecule has 2 aromatic rings. The number of carbonyl (C=O) groups is 1. The van der Waals surface area contributed by atoms with Gasteiger partial charge in [0.05, 0.1) is 11.4 Å². The van der Waals surface area contributed by atoms with Crippen LogP contribution < -0.4 is 4.90 Å². The van der Waals surface area contributed by atoms with Crippen molar-refractivity contribution in [2.24, 2.45) is 5.92 Å². The monoisotopic (exact) mass is 409 g/mol. The quantitative estimate of drug-likeness (QED) is 0.725. The summed E-state index contributed by atoms with van der Waals surface area (Å²) in [6.45, 7) is 7.64. The van der Waals surface area contributed by atoms with E-state index in [-0.39, 0.29) is 23.1 Å². The maximum absolute atomic E-state index is 14.0. The molecule has 1 fully saturated rings. The third kappa shape index (κ3) is 4.00. The Balaban J connectivity index is 1.39. The standard InChI is InChI=1S/C25H32FN3O/c1-17-9-14-22-23(27-17)25(2,3)16-29(22)24(30)18-10-12-20(13-11-18)28(4)15-19-7-5-6-8-21(19)26/h5-9,14,18,20H,10-13,15-16H2,1-4H3/t18-,20-. The maximum Gasteiger partial charge on any atom is 0.230 e. The van der Waals surface area contributed by atoms with Crippen LogP contribution in [0.15, 0.2) is 36.4 Å². The average Bonchev–Trinajstić information content (AvgIpc) is 2.99.